The van der Waals surface area contributed by atoms with Gasteiger partial charge in [-0.05, 0) is 57.7 Å². The molecule has 25 heavy (non-hydrogen) atoms. The Hall–Kier alpha value is -1.66. The van der Waals surface area contributed by atoms with E-state index >= 15 is 0 Å². The highest BCUT2D eigenvalue weighted by molar-refractivity contribution is 7.17. The third kappa shape index (κ3) is 2.81. The molecule has 2 N–H and O–H groups in total. The van der Waals surface area contributed by atoms with E-state index in [2.05, 4.69) is 32.8 Å². The third-order valence-corrected chi connectivity index (χ3v) is 7.04. The largest absolute Gasteiger partial charge is 0.381 e. The first-order valence-corrected chi connectivity index (χ1v) is 10.3. The first-order chi connectivity index (χ1) is 12.2. The zero-order valence-electron chi connectivity index (χ0n) is 14.5. The van der Waals surface area contributed by atoms with Crippen molar-refractivity contribution >= 4 is 33.0 Å². The summed E-state index contributed by atoms with van der Waals surface area (Å²) in [6, 6.07) is 3.24. The summed E-state index contributed by atoms with van der Waals surface area (Å²) in [6.07, 6.45) is 6.72. The molecule has 132 valence electrons. The molecule has 4 fully saturated rings. The molecule has 0 aromatic carbocycles. The number of pyridine rings is 1. The fourth-order valence-electron chi connectivity index (χ4n) is 4.39. The lowest BCUT2D eigenvalue weighted by atomic mass is 9.79. The maximum Gasteiger partial charge on any atom is 0.270 e. The van der Waals surface area contributed by atoms with Crippen LogP contribution in [0.4, 0.5) is 5.69 Å². The number of thiophene rings is 1. The van der Waals surface area contributed by atoms with Crippen LogP contribution in [-0.2, 0) is 0 Å². The molecule has 3 saturated heterocycles. The van der Waals surface area contributed by atoms with Crippen molar-refractivity contribution in [1.29, 1.82) is 0 Å². The van der Waals surface area contributed by atoms with Crippen LogP contribution in [0.15, 0.2) is 17.6 Å². The van der Waals surface area contributed by atoms with Crippen LogP contribution in [0.25, 0.3) is 10.1 Å². The number of nitrogens with one attached hydrogen (secondary N) is 2. The molecule has 0 radical (unpaired) electrons. The van der Waals surface area contributed by atoms with Crippen molar-refractivity contribution in [2.75, 3.05) is 18.4 Å². The van der Waals surface area contributed by atoms with E-state index < -0.39 is 0 Å². The molecule has 4 aliphatic rings. The minimum Gasteiger partial charge on any atom is -0.381 e. The Balaban J connectivity index is 1.37. The van der Waals surface area contributed by atoms with Gasteiger partial charge in [0.2, 0.25) is 0 Å². The second-order valence-electron chi connectivity index (χ2n) is 7.75. The maximum atomic E-state index is 12.8. The number of anilines is 1. The predicted octanol–water partition coefficient (Wildman–Crippen LogP) is 3.08. The molecule has 6 heteroatoms. The molecular weight excluding hydrogens is 332 g/mol. The molecule has 5 heterocycles. The van der Waals surface area contributed by atoms with E-state index in [0.717, 1.165) is 15.8 Å². The Morgan fingerprint density at radius 1 is 1.28 bits per heavy atom. The Morgan fingerprint density at radius 3 is 2.80 bits per heavy atom. The highest BCUT2D eigenvalue weighted by Crippen LogP contribution is 2.35. The van der Waals surface area contributed by atoms with Crippen molar-refractivity contribution < 1.29 is 4.79 Å². The fraction of sp³-hybridized carbons (Fsp3) is 0.579. The summed E-state index contributed by atoms with van der Waals surface area (Å²) < 4.78 is 1.14. The monoisotopic (exact) mass is 356 g/mol. The molecule has 3 aliphatic heterocycles. The smallest absolute Gasteiger partial charge is 0.270 e. The topological polar surface area (TPSA) is 57.3 Å². The van der Waals surface area contributed by atoms with Crippen LogP contribution in [0, 0.1) is 5.92 Å². The molecular formula is C19H24N4OS. The average molecular weight is 356 g/mol. The summed E-state index contributed by atoms with van der Waals surface area (Å²) in [4.78, 5) is 19.8. The van der Waals surface area contributed by atoms with Crippen LogP contribution in [0.5, 0.6) is 0 Å². The minimum absolute atomic E-state index is 0.0314. The molecule has 0 spiro atoms. The highest BCUT2D eigenvalue weighted by Gasteiger charge is 2.40. The van der Waals surface area contributed by atoms with Crippen LogP contribution < -0.4 is 10.6 Å². The summed E-state index contributed by atoms with van der Waals surface area (Å²) >= 11 is 1.69. The van der Waals surface area contributed by atoms with E-state index in [1.165, 1.54) is 38.8 Å². The van der Waals surface area contributed by atoms with E-state index in [0.29, 0.717) is 23.7 Å². The number of piperidine rings is 3. The fourth-order valence-corrected chi connectivity index (χ4v) is 5.24. The third-order valence-electron chi connectivity index (χ3n) is 6.11. The van der Waals surface area contributed by atoms with Gasteiger partial charge in [-0.25, -0.2) is 4.98 Å². The number of nitrogens with zero attached hydrogens (tertiary/aromatic N) is 2. The molecule has 0 unspecified atom stereocenters. The van der Waals surface area contributed by atoms with Gasteiger partial charge in [-0.1, -0.05) is 0 Å². The first-order valence-electron chi connectivity index (χ1n) is 9.38. The van der Waals surface area contributed by atoms with E-state index in [-0.39, 0.29) is 11.9 Å². The van der Waals surface area contributed by atoms with Crippen LogP contribution in [0.3, 0.4) is 0 Å². The lowest BCUT2D eigenvalue weighted by Crippen LogP contribution is -2.62. The molecule has 1 saturated carbocycles. The summed E-state index contributed by atoms with van der Waals surface area (Å²) in [5, 5.41) is 10.1. The molecule has 1 amide bonds. The first kappa shape index (κ1) is 15.6. The number of fused-ring (bicyclic) bond motifs is 4. The molecule has 6 rings (SSSR count). The van der Waals surface area contributed by atoms with E-state index in [1.54, 1.807) is 11.3 Å². The summed E-state index contributed by atoms with van der Waals surface area (Å²) in [5.74, 6) is 0.581. The normalized spacial score (nSPS) is 31.2. The maximum absolute atomic E-state index is 12.8. The zero-order valence-corrected chi connectivity index (χ0v) is 15.3. The van der Waals surface area contributed by atoms with Crippen molar-refractivity contribution in [1.82, 2.24) is 15.2 Å². The van der Waals surface area contributed by atoms with Gasteiger partial charge >= 0.3 is 0 Å². The van der Waals surface area contributed by atoms with Gasteiger partial charge in [-0.2, -0.15) is 0 Å². The van der Waals surface area contributed by atoms with E-state index in [1.807, 2.05) is 12.3 Å². The quantitative estimate of drug-likeness (QED) is 0.884. The van der Waals surface area contributed by atoms with Crippen molar-refractivity contribution in [2.24, 2.45) is 5.92 Å². The number of hydrogen-bond acceptors (Lipinski definition) is 5. The number of aromatic nitrogens is 1. The van der Waals surface area contributed by atoms with Gasteiger partial charge in [0.05, 0.1) is 10.4 Å². The average Bonchev–Trinajstić information content (AvgIpc) is 3.37. The lowest BCUT2D eigenvalue weighted by Gasteiger charge is -2.49. The Morgan fingerprint density at radius 2 is 2.08 bits per heavy atom. The van der Waals surface area contributed by atoms with E-state index in [4.69, 9.17) is 0 Å². The molecule has 2 aromatic heterocycles. The van der Waals surface area contributed by atoms with Gasteiger partial charge < -0.3 is 10.6 Å². The zero-order chi connectivity index (χ0) is 17.0. The standard InChI is InChI=1S/C19H24N4OS/c1-11-18(12-4-6-23(11)7-5-12)22-19(24)15-8-14-16(21-13-2-3-13)10-25-17(14)9-20-15/h8-13,18,21H,2-7H2,1H3,(H,22,24)/t11-,18+/m1/s1. The van der Waals surface area contributed by atoms with Gasteiger partial charge in [-0.15, -0.1) is 11.3 Å². The molecule has 2 atom stereocenters. The van der Waals surface area contributed by atoms with Crippen LogP contribution >= 0.6 is 11.3 Å². The second-order valence-corrected chi connectivity index (χ2v) is 8.66. The number of rotatable bonds is 4. The predicted molar refractivity (Wildman–Crippen MR) is 101 cm³/mol. The van der Waals surface area contributed by atoms with Crippen molar-refractivity contribution in [2.45, 2.75) is 50.7 Å². The van der Waals surface area contributed by atoms with Crippen LogP contribution in [-0.4, -0.2) is 47.0 Å². The van der Waals surface area contributed by atoms with Crippen molar-refractivity contribution in [3.05, 3.63) is 23.3 Å². The second kappa shape index (κ2) is 5.95. The number of carbonyl (C=O) groups excluding carboxylic acids is 1. The van der Waals surface area contributed by atoms with Crippen LogP contribution in [0.2, 0.25) is 0 Å². The molecule has 2 bridgehead atoms. The highest BCUT2D eigenvalue weighted by atomic mass is 32.1. The lowest BCUT2D eigenvalue weighted by molar-refractivity contribution is 0.0216. The van der Waals surface area contributed by atoms with Crippen molar-refractivity contribution in [3.8, 4) is 0 Å². The number of carbonyl (C=O) groups is 1. The summed E-state index contributed by atoms with van der Waals surface area (Å²) in [6.45, 7) is 4.59. The number of amides is 1. The van der Waals surface area contributed by atoms with Crippen molar-refractivity contribution in [3.63, 3.8) is 0 Å². The summed E-state index contributed by atoms with van der Waals surface area (Å²) in [7, 11) is 0. The Bertz CT molecular complexity index is 805. The Labute approximate surface area is 151 Å². The van der Waals surface area contributed by atoms with Gasteiger partial charge in [0.15, 0.2) is 0 Å². The molecule has 2 aromatic rings. The van der Waals surface area contributed by atoms with E-state index in [9.17, 15) is 4.79 Å². The molecule has 1 aliphatic carbocycles. The van der Waals surface area contributed by atoms with Gasteiger partial charge in [0.25, 0.3) is 5.91 Å². The summed E-state index contributed by atoms with van der Waals surface area (Å²) in [5.41, 5.74) is 1.68. The van der Waals surface area contributed by atoms with Gasteiger partial charge in [0, 0.05) is 35.1 Å². The number of hydrogen-bond donors (Lipinski definition) is 2. The SMILES string of the molecule is C[C@@H]1[C@H](NC(=O)c2cc3c(NC4CC4)csc3cn2)C2CCN1CC2. The molecule has 5 nitrogen and oxygen atoms in total. The van der Waals surface area contributed by atoms with Crippen LogP contribution in [0.1, 0.15) is 43.1 Å². The van der Waals surface area contributed by atoms with Gasteiger partial charge in [0.1, 0.15) is 5.69 Å². The van der Waals surface area contributed by atoms with Gasteiger partial charge in [-0.3, -0.25) is 9.69 Å². The minimum atomic E-state index is -0.0314. The Kier molecular flexibility index (Phi) is 3.71.